The molecule has 3 fully saturated rings. The van der Waals surface area contributed by atoms with E-state index in [1.807, 2.05) is 0 Å². The van der Waals surface area contributed by atoms with Gasteiger partial charge in [0.25, 0.3) is 0 Å². The summed E-state index contributed by atoms with van der Waals surface area (Å²) in [5.74, 6) is 2.68. The minimum Gasteiger partial charge on any atom is -0.377 e. The Morgan fingerprint density at radius 2 is 1.84 bits per heavy atom. The smallest absolute Gasteiger partial charge is 0.0684 e. The van der Waals surface area contributed by atoms with E-state index in [0.717, 1.165) is 24.4 Å². The lowest BCUT2D eigenvalue weighted by molar-refractivity contribution is -0.193. The lowest BCUT2D eigenvalue weighted by atomic mass is 9.55. The Hall–Kier alpha value is -0.0800. The standard InChI is InChI=1S/C17H31NO/c1-12-6-8-13(9-7-12)11-18-15-14-5-4-10-19-16(14)17(15,2)3/h12-16,18H,4-11H2,1-3H3. The van der Waals surface area contributed by atoms with Crippen LogP contribution >= 0.6 is 0 Å². The van der Waals surface area contributed by atoms with Crippen LogP contribution in [0, 0.1) is 23.2 Å². The third kappa shape index (κ3) is 2.58. The molecule has 1 N–H and O–H groups in total. The highest BCUT2D eigenvalue weighted by Crippen LogP contribution is 2.51. The van der Waals surface area contributed by atoms with E-state index in [9.17, 15) is 0 Å². The van der Waals surface area contributed by atoms with E-state index in [1.54, 1.807) is 0 Å². The van der Waals surface area contributed by atoms with Gasteiger partial charge in [-0.1, -0.05) is 33.6 Å². The summed E-state index contributed by atoms with van der Waals surface area (Å²) in [6.45, 7) is 9.41. The molecule has 0 amide bonds. The molecule has 3 rings (SSSR count). The number of hydrogen-bond acceptors (Lipinski definition) is 2. The van der Waals surface area contributed by atoms with Gasteiger partial charge in [0.05, 0.1) is 6.10 Å². The van der Waals surface area contributed by atoms with Crippen LogP contribution in [0.2, 0.25) is 0 Å². The fourth-order valence-electron chi connectivity index (χ4n) is 4.76. The molecule has 3 unspecified atom stereocenters. The van der Waals surface area contributed by atoms with Gasteiger partial charge in [0.2, 0.25) is 0 Å². The first-order valence-corrected chi connectivity index (χ1v) is 8.44. The Kier molecular flexibility index (Phi) is 3.92. The van der Waals surface area contributed by atoms with E-state index in [0.29, 0.717) is 17.6 Å². The summed E-state index contributed by atoms with van der Waals surface area (Å²) in [7, 11) is 0. The summed E-state index contributed by atoms with van der Waals surface area (Å²) in [5, 5.41) is 3.91. The Bertz CT molecular complexity index is 306. The average Bonchev–Trinajstić information content (AvgIpc) is 2.41. The molecule has 2 saturated carbocycles. The molecule has 0 spiro atoms. The van der Waals surface area contributed by atoms with Crippen LogP contribution in [-0.2, 0) is 4.74 Å². The molecule has 2 nitrogen and oxygen atoms in total. The van der Waals surface area contributed by atoms with Crippen molar-refractivity contribution in [1.82, 2.24) is 5.32 Å². The molecule has 2 aliphatic carbocycles. The SMILES string of the molecule is CC1CCC(CNC2C3CCCOC3C2(C)C)CC1. The van der Waals surface area contributed by atoms with Gasteiger partial charge in [-0.3, -0.25) is 0 Å². The molecule has 0 aromatic rings. The first-order chi connectivity index (χ1) is 9.09. The quantitative estimate of drug-likeness (QED) is 0.842. The molecule has 1 heterocycles. The van der Waals surface area contributed by atoms with Crippen LogP contribution in [0.5, 0.6) is 0 Å². The van der Waals surface area contributed by atoms with E-state index in [1.165, 1.54) is 45.1 Å². The van der Waals surface area contributed by atoms with Gasteiger partial charge in [0.1, 0.15) is 0 Å². The molecule has 0 aromatic heterocycles. The van der Waals surface area contributed by atoms with Crippen LogP contribution in [0.4, 0.5) is 0 Å². The van der Waals surface area contributed by atoms with Crippen molar-refractivity contribution in [3.05, 3.63) is 0 Å². The van der Waals surface area contributed by atoms with E-state index >= 15 is 0 Å². The molecule has 0 radical (unpaired) electrons. The summed E-state index contributed by atoms with van der Waals surface area (Å²) in [4.78, 5) is 0. The van der Waals surface area contributed by atoms with Crippen LogP contribution in [0.1, 0.15) is 59.3 Å². The molecule has 2 heteroatoms. The average molecular weight is 265 g/mol. The van der Waals surface area contributed by atoms with E-state index < -0.39 is 0 Å². The zero-order valence-corrected chi connectivity index (χ0v) is 13.0. The minimum atomic E-state index is 0.340. The summed E-state index contributed by atoms with van der Waals surface area (Å²) in [6.07, 6.45) is 8.90. The highest BCUT2D eigenvalue weighted by atomic mass is 16.5. The first-order valence-electron chi connectivity index (χ1n) is 8.44. The summed E-state index contributed by atoms with van der Waals surface area (Å²) >= 11 is 0. The lowest BCUT2D eigenvalue weighted by Crippen LogP contribution is -2.69. The van der Waals surface area contributed by atoms with E-state index in [4.69, 9.17) is 4.74 Å². The summed E-state index contributed by atoms with van der Waals surface area (Å²) in [6, 6.07) is 0.692. The van der Waals surface area contributed by atoms with Crippen molar-refractivity contribution >= 4 is 0 Å². The topological polar surface area (TPSA) is 21.3 Å². The molecule has 1 saturated heterocycles. The zero-order chi connectivity index (χ0) is 13.5. The van der Waals surface area contributed by atoms with Gasteiger partial charge in [-0.15, -0.1) is 0 Å². The van der Waals surface area contributed by atoms with E-state index in [-0.39, 0.29) is 0 Å². The fraction of sp³-hybridized carbons (Fsp3) is 1.00. The highest BCUT2D eigenvalue weighted by molar-refractivity contribution is 5.10. The second-order valence-electron chi connectivity index (χ2n) is 7.93. The van der Waals surface area contributed by atoms with Gasteiger partial charge in [-0.25, -0.2) is 0 Å². The van der Waals surface area contributed by atoms with Crippen molar-refractivity contribution in [2.45, 2.75) is 71.4 Å². The predicted octanol–water partition coefficient (Wildman–Crippen LogP) is 3.61. The maximum Gasteiger partial charge on any atom is 0.0684 e. The van der Waals surface area contributed by atoms with Crippen molar-refractivity contribution < 1.29 is 4.74 Å². The third-order valence-electron chi connectivity index (χ3n) is 6.09. The van der Waals surface area contributed by atoms with Crippen LogP contribution in [0.3, 0.4) is 0 Å². The molecule has 3 aliphatic rings. The van der Waals surface area contributed by atoms with Crippen molar-refractivity contribution in [3.8, 4) is 0 Å². The van der Waals surface area contributed by atoms with Crippen molar-refractivity contribution in [2.24, 2.45) is 23.2 Å². The third-order valence-corrected chi connectivity index (χ3v) is 6.09. The molecule has 3 atom stereocenters. The van der Waals surface area contributed by atoms with Crippen molar-refractivity contribution in [1.29, 1.82) is 0 Å². The molecule has 0 bridgehead atoms. The number of hydrogen-bond donors (Lipinski definition) is 1. The van der Waals surface area contributed by atoms with Gasteiger partial charge in [-0.2, -0.15) is 0 Å². The first kappa shape index (κ1) is 13.9. The van der Waals surface area contributed by atoms with Gasteiger partial charge >= 0.3 is 0 Å². The second kappa shape index (κ2) is 5.37. The fourth-order valence-corrected chi connectivity index (χ4v) is 4.76. The molecule has 0 aromatic carbocycles. The van der Waals surface area contributed by atoms with Crippen molar-refractivity contribution in [2.75, 3.05) is 13.2 Å². The van der Waals surface area contributed by atoms with Gasteiger partial charge in [0.15, 0.2) is 0 Å². The van der Waals surface area contributed by atoms with Gasteiger partial charge in [-0.05, 0) is 44.1 Å². The molecule has 110 valence electrons. The highest BCUT2D eigenvalue weighted by Gasteiger charge is 2.57. The Labute approximate surface area is 118 Å². The number of rotatable bonds is 3. The predicted molar refractivity (Wildman–Crippen MR) is 79.2 cm³/mol. The van der Waals surface area contributed by atoms with Crippen molar-refractivity contribution in [3.63, 3.8) is 0 Å². The number of fused-ring (bicyclic) bond motifs is 1. The van der Waals surface area contributed by atoms with Gasteiger partial charge < -0.3 is 10.1 Å². The normalized spacial score (nSPS) is 45.3. The van der Waals surface area contributed by atoms with Gasteiger partial charge in [0, 0.05) is 24.0 Å². The van der Waals surface area contributed by atoms with Crippen LogP contribution < -0.4 is 5.32 Å². The maximum atomic E-state index is 5.99. The Balaban J connectivity index is 1.49. The second-order valence-corrected chi connectivity index (χ2v) is 7.93. The molecule has 19 heavy (non-hydrogen) atoms. The molecular weight excluding hydrogens is 234 g/mol. The molecule has 1 aliphatic heterocycles. The zero-order valence-electron chi connectivity index (χ0n) is 13.0. The summed E-state index contributed by atoms with van der Waals surface area (Å²) in [5.41, 5.74) is 0.340. The number of nitrogens with one attached hydrogen (secondary N) is 1. The van der Waals surface area contributed by atoms with Crippen LogP contribution in [0.15, 0.2) is 0 Å². The minimum absolute atomic E-state index is 0.340. The maximum absolute atomic E-state index is 5.99. The summed E-state index contributed by atoms with van der Waals surface area (Å²) < 4.78 is 5.99. The van der Waals surface area contributed by atoms with Crippen LogP contribution in [0.25, 0.3) is 0 Å². The lowest BCUT2D eigenvalue weighted by Gasteiger charge is -2.60. The largest absolute Gasteiger partial charge is 0.377 e. The number of ether oxygens (including phenoxy) is 1. The Morgan fingerprint density at radius 1 is 1.11 bits per heavy atom. The van der Waals surface area contributed by atoms with E-state index in [2.05, 4.69) is 26.1 Å². The molecular formula is C17H31NO. The monoisotopic (exact) mass is 265 g/mol. The Morgan fingerprint density at radius 3 is 2.58 bits per heavy atom. The van der Waals surface area contributed by atoms with Crippen LogP contribution in [-0.4, -0.2) is 25.3 Å².